The Bertz CT molecular complexity index is 379. The lowest BCUT2D eigenvalue weighted by atomic mass is 10.3. The van der Waals surface area contributed by atoms with Gasteiger partial charge in [-0.3, -0.25) is 4.79 Å². The van der Waals surface area contributed by atoms with Crippen LogP contribution in [0.4, 0.5) is 0 Å². The van der Waals surface area contributed by atoms with Gasteiger partial charge in [-0.2, -0.15) is 0 Å². The highest BCUT2D eigenvalue weighted by molar-refractivity contribution is 7.11. The number of thiophene rings is 1. The molecule has 2 N–H and O–H groups in total. The Hall–Kier alpha value is -1.31. The summed E-state index contributed by atoms with van der Waals surface area (Å²) in [5, 5.41) is 5.84. The molecule has 1 rings (SSSR count). The Morgan fingerprint density at radius 2 is 2.38 bits per heavy atom. The zero-order valence-corrected chi connectivity index (χ0v) is 10.2. The first-order valence-electron chi connectivity index (χ1n) is 5.18. The van der Waals surface area contributed by atoms with Gasteiger partial charge in [-0.25, -0.2) is 0 Å². The molecule has 0 atom stereocenters. The topological polar surface area (TPSA) is 41.1 Å². The summed E-state index contributed by atoms with van der Waals surface area (Å²) in [4.78, 5) is 13.8. The molecule has 0 aromatic carbocycles. The highest BCUT2D eigenvalue weighted by Crippen LogP contribution is 2.14. The molecule has 16 heavy (non-hydrogen) atoms. The SMILES string of the molecule is C#CCNC(=O)CCNCc1ccc(C)s1. The predicted octanol–water partition coefficient (Wildman–Crippen LogP) is 1.29. The number of aryl methyl sites for hydroxylation is 1. The van der Waals surface area contributed by atoms with E-state index >= 15 is 0 Å². The molecule has 0 radical (unpaired) electrons. The lowest BCUT2D eigenvalue weighted by Crippen LogP contribution is -2.27. The van der Waals surface area contributed by atoms with Gasteiger partial charge in [0.25, 0.3) is 0 Å². The van der Waals surface area contributed by atoms with Gasteiger partial charge in [0.1, 0.15) is 0 Å². The van der Waals surface area contributed by atoms with E-state index in [0.29, 0.717) is 19.5 Å². The molecule has 0 aliphatic rings. The summed E-state index contributed by atoms with van der Waals surface area (Å²) in [6, 6.07) is 4.20. The molecule has 0 saturated carbocycles. The molecular weight excluding hydrogens is 220 g/mol. The van der Waals surface area contributed by atoms with E-state index in [9.17, 15) is 4.79 Å². The highest BCUT2D eigenvalue weighted by Gasteiger charge is 1.99. The van der Waals surface area contributed by atoms with E-state index in [4.69, 9.17) is 6.42 Å². The molecule has 0 bridgehead atoms. The van der Waals surface area contributed by atoms with Crippen LogP contribution in [0.15, 0.2) is 12.1 Å². The molecule has 0 unspecified atom stereocenters. The Labute approximate surface area is 100 Å². The van der Waals surface area contributed by atoms with Crippen LogP contribution in [0.3, 0.4) is 0 Å². The molecule has 3 nitrogen and oxygen atoms in total. The first-order chi connectivity index (χ1) is 7.72. The summed E-state index contributed by atoms with van der Waals surface area (Å²) in [5.74, 6) is 2.36. The van der Waals surface area contributed by atoms with Crippen molar-refractivity contribution in [2.45, 2.75) is 19.9 Å². The van der Waals surface area contributed by atoms with Gasteiger partial charge >= 0.3 is 0 Å². The molecule has 0 aliphatic heterocycles. The normalized spacial score (nSPS) is 9.75. The number of terminal acetylenes is 1. The summed E-state index contributed by atoms with van der Waals surface area (Å²) >= 11 is 1.77. The van der Waals surface area contributed by atoms with Crippen LogP contribution >= 0.6 is 11.3 Å². The van der Waals surface area contributed by atoms with Crippen molar-refractivity contribution >= 4 is 17.2 Å². The average molecular weight is 236 g/mol. The monoisotopic (exact) mass is 236 g/mol. The molecule has 0 saturated heterocycles. The molecule has 1 aromatic heterocycles. The van der Waals surface area contributed by atoms with Crippen LogP contribution in [0.25, 0.3) is 0 Å². The van der Waals surface area contributed by atoms with Crippen LogP contribution in [0.2, 0.25) is 0 Å². The van der Waals surface area contributed by atoms with Crippen molar-refractivity contribution in [3.8, 4) is 12.3 Å². The van der Waals surface area contributed by atoms with E-state index in [1.54, 1.807) is 11.3 Å². The number of rotatable bonds is 6. The minimum Gasteiger partial charge on any atom is -0.345 e. The van der Waals surface area contributed by atoms with Crippen LogP contribution in [0.5, 0.6) is 0 Å². The summed E-state index contributed by atoms with van der Waals surface area (Å²) in [6.45, 7) is 3.89. The lowest BCUT2D eigenvalue weighted by molar-refractivity contribution is -0.120. The number of carbonyl (C=O) groups is 1. The first kappa shape index (κ1) is 12.8. The van der Waals surface area contributed by atoms with Gasteiger partial charge in [0, 0.05) is 29.3 Å². The lowest BCUT2D eigenvalue weighted by Gasteiger charge is -2.03. The number of nitrogens with one attached hydrogen (secondary N) is 2. The summed E-state index contributed by atoms with van der Waals surface area (Å²) in [6.07, 6.45) is 5.50. The van der Waals surface area contributed by atoms with Crippen LogP contribution in [-0.4, -0.2) is 19.0 Å². The summed E-state index contributed by atoms with van der Waals surface area (Å²) in [7, 11) is 0. The second kappa shape index (κ2) is 7.04. The minimum absolute atomic E-state index is 0.00666. The van der Waals surface area contributed by atoms with Crippen molar-refractivity contribution in [3.63, 3.8) is 0 Å². The van der Waals surface area contributed by atoms with Crippen molar-refractivity contribution in [2.75, 3.05) is 13.1 Å². The first-order valence-corrected chi connectivity index (χ1v) is 6.00. The second-order valence-corrected chi connectivity index (χ2v) is 4.79. The zero-order valence-electron chi connectivity index (χ0n) is 9.38. The number of hydrogen-bond donors (Lipinski definition) is 2. The molecule has 1 heterocycles. The van der Waals surface area contributed by atoms with E-state index in [-0.39, 0.29) is 5.91 Å². The molecule has 0 spiro atoms. The molecule has 0 fully saturated rings. The van der Waals surface area contributed by atoms with E-state index in [1.165, 1.54) is 9.75 Å². The zero-order chi connectivity index (χ0) is 11.8. The highest BCUT2D eigenvalue weighted by atomic mass is 32.1. The molecule has 4 heteroatoms. The number of amides is 1. The van der Waals surface area contributed by atoms with Gasteiger partial charge < -0.3 is 10.6 Å². The van der Waals surface area contributed by atoms with E-state index < -0.39 is 0 Å². The largest absolute Gasteiger partial charge is 0.345 e. The van der Waals surface area contributed by atoms with Crippen molar-refractivity contribution in [1.82, 2.24) is 10.6 Å². The van der Waals surface area contributed by atoms with Crippen LogP contribution in [0, 0.1) is 19.3 Å². The molecule has 1 aromatic rings. The number of hydrogen-bond acceptors (Lipinski definition) is 3. The maximum Gasteiger partial charge on any atom is 0.222 e. The molecule has 1 amide bonds. The Morgan fingerprint density at radius 3 is 3.00 bits per heavy atom. The maximum absolute atomic E-state index is 11.2. The van der Waals surface area contributed by atoms with E-state index in [1.807, 2.05) is 0 Å². The van der Waals surface area contributed by atoms with Crippen molar-refractivity contribution in [2.24, 2.45) is 0 Å². The summed E-state index contributed by atoms with van der Waals surface area (Å²) in [5.41, 5.74) is 0. The van der Waals surface area contributed by atoms with Crippen LogP contribution in [-0.2, 0) is 11.3 Å². The predicted molar refractivity (Wildman–Crippen MR) is 67.2 cm³/mol. The van der Waals surface area contributed by atoms with Crippen molar-refractivity contribution in [1.29, 1.82) is 0 Å². The Kier molecular flexibility index (Phi) is 5.62. The average Bonchev–Trinajstić information content (AvgIpc) is 2.67. The molecular formula is C12H16N2OS. The third-order valence-electron chi connectivity index (χ3n) is 2.01. The quantitative estimate of drug-likeness (QED) is 0.577. The number of carbonyl (C=O) groups excluding carboxylic acids is 1. The van der Waals surface area contributed by atoms with Crippen LogP contribution in [0.1, 0.15) is 16.2 Å². The molecule has 0 aliphatic carbocycles. The van der Waals surface area contributed by atoms with Gasteiger partial charge in [0.05, 0.1) is 6.54 Å². The minimum atomic E-state index is -0.00666. The smallest absolute Gasteiger partial charge is 0.222 e. The Balaban J connectivity index is 2.08. The van der Waals surface area contributed by atoms with E-state index in [0.717, 1.165) is 6.54 Å². The van der Waals surface area contributed by atoms with Gasteiger partial charge in [-0.1, -0.05) is 5.92 Å². The van der Waals surface area contributed by atoms with Crippen molar-refractivity contribution in [3.05, 3.63) is 21.9 Å². The van der Waals surface area contributed by atoms with Crippen molar-refractivity contribution < 1.29 is 4.79 Å². The maximum atomic E-state index is 11.2. The van der Waals surface area contributed by atoms with Gasteiger partial charge in [-0.05, 0) is 19.1 Å². The fraction of sp³-hybridized carbons (Fsp3) is 0.417. The van der Waals surface area contributed by atoms with Gasteiger partial charge in [-0.15, -0.1) is 17.8 Å². The standard InChI is InChI=1S/C12H16N2OS/c1-3-7-14-12(15)6-8-13-9-11-5-4-10(2)16-11/h1,4-5,13H,6-9H2,2H3,(H,14,15). The van der Waals surface area contributed by atoms with Crippen LogP contribution < -0.4 is 10.6 Å². The van der Waals surface area contributed by atoms with E-state index in [2.05, 4.69) is 35.6 Å². The fourth-order valence-corrected chi connectivity index (χ4v) is 2.09. The third kappa shape index (κ3) is 4.96. The second-order valence-electron chi connectivity index (χ2n) is 3.42. The third-order valence-corrected chi connectivity index (χ3v) is 3.01. The van der Waals surface area contributed by atoms with Gasteiger partial charge in [0.2, 0.25) is 5.91 Å². The summed E-state index contributed by atoms with van der Waals surface area (Å²) < 4.78 is 0. The fourth-order valence-electron chi connectivity index (χ4n) is 1.23. The molecule has 86 valence electrons. The van der Waals surface area contributed by atoms with Gasteiger partial charge in [0.15, 0.2) is 0 Å². The Morgan fingerprint density at radius 1 is 1.56 bits per heavy atom.